The van der Waals surface area contributed by atoms with Gasteiger partial charge in [-0.25, -0.2) is 19.8 Å². The van der Waals surface area contributed by atoms with Gasteiger partial charge in [0.05, 0.1) is 19.9 Å². The minimum absolute atomic E-state index is 0.244. The van der Waals surface area contributed by atoms with Crippen LogP contribution in [0.2, 0.25) is 0 Å². The van der Waals surface area contributed by atoms with Crippen molar-refractivity contribution in [2.75, 3.05) is 20.3 Å². The van der Waals surface area contributed by atoms with E-state index in [1.165, 1.54) is 17.9 Å². The Hall–Kier alpha value is -3.96. The number of carbonyl (C=O) groups excluding carboxylic acids is 2. The molecule has 1 amide bonds. The first-order valence-corrected chi connectivity index (χ1v) is 8.80. The van der Waals surface area contributed by atoms with E-state index in [4.69, 9.17) is 14.2 Å². The lowest BCUT2D eigenvalue weighted by atomic mass is 10.2. The summed E-state index contributed by atoms with van der Waals surface area (Å²) in [6.07, 6.45) is 2.44. The quantitative estimate of drug-likeness (QED) is 0.261. The molecule has 1 aromatic carbocycles. The van der Waals surface area contributed by atoms with Crippen LogP contribution in [0.25, 0.3) is 0 Å². The molecular weight excluding hydrogens is 398 g/mol. The standard InChI is InChI=1S/C18H21N5O7/c1-4-29-18(25)11-30-15-7-13(5-6-14(15)28-3)8-20-21-16(24)10-22-12(2)19-9-17(22)23(26)27/h5-9H,4,10-11H2,1-3H3,(H,21,24)/b20-8+. The van der Waals surface area contributed by atoms with Crippen molar-refractivity contribution in [3.05, 3.63) is 45.9 Å². The van der Waals surface area contributed by atoms with Gasteiger partial charge in [0.1, 0.15) is 6.20 Å². The Bertz CT molecular complexity index is 954. The number of ether oxygens (including phenoxy) is 3. The Kier molecular flexibility index (Phi) is 7.85. The van der Waals surface area contributed by atoms with Gasteiger partial charge in [0.2, 0.25) is 0 Å². The minimum Gasteiger partial charge on any atom is -0.493 e. The fourth-order valence-electron chi connectivity index (χ4n) is 2.38. The van der Waals surface area contributed by atoms with Gasteiger partial charge in [-0.15, -0.1) is 0 Å². The monoisotopic (exact) mass is 419 g/mol. The number of nitrogens with one attached hydrogen (secondary N) is 1. The summed E-state index contributed by atoms with van der Waals surface area (Å²) >= 11 is 0. The second-order valence-corrected chi connectivity index (χ2v) is 5.80. The summed E-state index contributed by atoms with van der Waals surface area (Å²) in [4.78, 5) is 37.7. The number of benzene rings is 1. The molecule has 0 aliphatic carbocycles. The molecular formula is C18H21N5O7. The van der Waals surface area contributed by atoms with Crippen LogP contribution in [0.4, 0.5) is 5.82 Å². The molecule has 1 heterocycles. The molecule has 2 aromatic rings. The first kappa shape index (κ1) is 22.3. The molecule has 0 saturated carbocycles. The molecule has 0 spiro atoms. The van der Waals surface area contributed by atoms with Gasteiger partial charge < -0.3 is 24.3 Å². The van der Waals surface area contributed by atoms with Crippen LogP contribution >= 0.6 is 0 Å². The highest BCUT2D eigenvalue weighted by Gasteiger charge is 2.19. The van der Waals surface area contributed by atoms with Crippen molar-refractivity contribution < 1.29 is 28.7 Å². The number of aromatic nitrogens is 2. The molecule has 30 heavy (non-hydrogen) atoms. The predicted octanol–water partition coefficient (Wildman–Crippen LogP) is 1.20. The zero-order valence-corrected chi connectivity index (χ0v) is 16.7. The normalized spacial score (nSPS) is 10.6. The third-order valence-electron chi connectivity index (χ3n) is 3.76. The summed E-state index contributed by atoms with van der Waals surface area (Å²) in [6.45, 7) is 2.89. The second kappa shape index (κ2) is 10.5. The van der Waals surface area contributed by atoms with Crippen LogP contribution in [0.3, 0.4) is 0 Å². The number of hydrazone groups is 1. The van der Waals surface area contributed by atoms with Crippen LogP contribution in [0.15, 0.2) is 29.5 Å². The summed E-state index contributed by atoms with van der Waals surface area (Å²) in [5, 5.41) is 14.8. The topological polar surface area (TPSA) is 147 Å². The molecule has 0 aliphatic heterocycles. The average Bonchev–Trinajstić information content (AvgIpc) is 3.07. The van der Waals surface area contributed by atoms with Crippen molar-refractivity contribution in [2.24, 2.45) is 5.10 Å². The first-order valence-electron chi connectivity index (χ1n) is 8.80. The average molecular weight is 419 g/mol. The van der Waals surface area contributed by atoms with Gasteiger partial charge in [-0.2, -0.15) is 5.10 Å². The third-order valence-corrected chi connectivity index (χ3v) is 3.76. The van der Waals surface area contributed by atoms with E-state index in [2.05, 4.69) is 15.5 Å². The maximum atomic E-state index is 12.0. The van der Waals surface area contributed by atoms with E-state index in [0.29, 0.717) is 22.9 Å². The van der Waals surface area contributed by atoms with Crippen LogP contribution in [-0.4, -0.2) is 52.9 Å². The number of hydrogen-bond acceptors (Lipinski definition) is 9. The maximum Gasteiger partial charge on any atom is 0.344 e. The largest absolute Gasteiger partial charge is 0.493 e. The van der Waals surface area contributed by atoms with Gasteiger partial charge in [-0.1, -0.05) is 0 Å². The lowest BCUT2D eigenvalue weighted by molar-refractivity contribution is -0.392. The molecule has 1 N–H and O–H groups in total. The van der Waals surface area contributed by atoms with Crippen molar-refractivity contribution in [1.82, 2.24) is 15.0 Å². The SMILES string of the molecule is CCOC(=O)COc1cc(/C=N/NC(=O)Cn2c([N+](=O)[O-])cnc2C)ccc1OC. The molecule has 160 valence electrons. The van der Waals surface area contributed by atoms with Gasteiger partial charge in [0.25, 0.3) is 5.91 Å². The number of rotatable bonds is 10. The Morgan fingerprint density at radius 3 is 2.80 bits per heavy atom. The minimum atomic E-state index is -0.619. The summed E-state index contributed by atoms with van der Waals surface area (Å²) in [5.41, 5.74) is 2.85. The van der Waals surface area contributed by atoms with Crippen LogP contribution in [0, 0.1) is 17.0 Å². The van der Waals surface area contributed by atoms with E-state index in [9.17, 15) is 19.7 Å². The Balaban J connectivity index is 2.01. The zero-order valence-electron chi connectivity index (χ0n) is 16.7. The number of amides is 1. The number of aryl methyl sites for hydroxylation is 1. The molecule has 0 radical (unpaired) electrons. The molecule has 12 nitrogen and oxygen atoms in total. The number of hydrogen-bond donors (Lipinski definition) is 1. The molecule has 2 rings (SSSR count). The van der Waals surface area contributed by atoms with Gasteiger partial charge in [-0.3, -0.25) is 4.79 Å². The molecule has 0 aliphatic rings. The summed E-state index contributed by atoms with van der Waals surface area (Å²) < 4.78 is 16.6. The van der Waals surface area contributed by atoms with Crippen molar-refractivity contribution in [2.45, 2.75) is 20.4 Å². The summed E-state index contributed by atoms with van der Waals surface area (Å²) in [5.74, 6) is -0.337. The second-order valence-electron chi connectivity index (χ2n) is 5.80. The highest BCUT2D eigenvalue weighted by molar-refractivity contribution is 5.83. The molecule has 0 bridgehead atoms. The van der Waals surface area contributed by atoms with Gasteiger partial charge >= 0.3 is 11.8 Å². The fraction of sp³-hybridized carbons (Fsp3) is 0.333. The van der Waals surface area contributed by atoms with Crippen LogP contribution < -0.4 is 14.9 Å². The summed E-state index contributed by atoms with van der Waals surface area (Å²) in [7, 11) is 1.46. The molecule has 0 saturated heterocycles. The molecule has 1 aromatic heterocycles. The van der Waals surface area contributed by atoms with Crippen molar-refractivity contribution in [3.8, 4) is 11.5 Å². The number of imidazole rings is 1. The molecule has 0 fully saturated rings. The van der Waals surface area contributed by atoms with Crippen molar-refractivity contribution in [1.29, 1.82) is 0 Å². The van der Waals surface area contributed by atoms with Crippen LogP contribution in [0.5, 0.6) is 11.5 Å². The van der Waals surface area contributed by atoms with Crippen molar-refractivity contribution in [3.63, 3.8) is 0 Å². The lowest BCUT2D eigenvalue weighted by Gasteiger charge is -2.10. The number of nitrogens with zero attached hydrogens (tertiary/aromatic N) is 4. The number of esters is 1. The lowest BCUT2D eigenvalue weighted by Crippen LogP contribution is -2.24. The first-order chi connectivity index (χ1) is 14.3. The van der Waals surface area contributed by atoms with Gasteiger partial charge in [0.15, 0.2) is 30.5 Å². The zero-order chi connectivity index (χ0) is 22.1. The highest BCUT2D eigenvalue weighted by Crippen LogP contribution is 2.27. The third kappa shape index (κ3) is 6.02. The van der Waals surface area contributed by atoms with E-state index in [1.807, 2.05) is 0 Å². The van der Waals surface area contributed by atoms with E-state index >= 15 is 0 Å². The Labute approximate surface area is 171 Å². The Morgan fingerprint density at radius 2 is 2.13 bits per heavy atom. The van der Waals surface area contributed by atoms with E-state index in [1.54, 1.807) is 32.0 Å². The van der Waals surface area contributed by atoms with E-state index in [0.717, 1.165) is 6.20 Å². The van der Waals surface area contributed by atoms with E-state index < -0.39 is 16.8 Å². The molecule has 0 atom stereocenters. The van der Waals surface area contributed by atoms with Crippen LogP contribution in [-0.2, 0) is 20.9 Å². The Morgan fingerprint density at radius 1 is 1.37 bits per heavy atom. The number of carbonyl (C=O) groups is 2. The van der Waals surface area contributed by atoms with E-state index in [-0.39, 0.29) is 25.6 Å². The van der Waals surface area contributed by atoms with Crippen molar-refractivity contribution >= 4 is 23.9 Å². The fourth-order valence-corrected chi connectivity index (χ4v) is 2.38. The smallest absolute Gasteiger partial charge is 0.344 e. The summed E-state index contributed by atoms with van der Waals surface area (Å²) in [6, 6.07) is 4.84. The maximum absolute atomic E-state index is 12.0. The van der Waals surface area contributed by atoms with Gasteiger partial charge in [0, 0.05) is 6.92 Å². The predicted molar refractivity (Wildman–Crippen MR) is 104 cm³/mol. The highest BCUT2D eigenvalue weighted by atomic mass is 16.6. The van der Waals surface area contributed by atoms with Crippen LogP contribution in [0.1, 0.15) is 18.3 Å². The molecule has 12 heteroatoms. The molecule has 0 unspecified atom stereocenters. The number of methoxy groups -OCH3 is 1. The van der Waals surface area contributed by atoms with Gasteiger partial charge in [-0.05, 0) is 35.6 Å². The number of nitro groups is 1.